The zero-order valence-electron chi connectivity index (χ0n) is 10.9. The van der Waals surface area contributed by atoms with Gasteiger partial charge in [0.05, 0.1) is 17.9 Å². The van der Waals surface area contributed by atoms with Crippen molar-refractivity contribution in [3.05, 3.63) is 22.8 Å². The summed E-state index contributed by atoms with van der Waals surface area (Å²) in [7, 11) is -3.30. The molecule has 0 aliphatic rings. The molecule has 0 unspecified atom stereocenters. The average Bonchev–Trinajstić information content (AvgIpc) is 2.22. The molecule has 1 aromatic heterocycles. The van der Waals surface area contributed by atoms with E-state index in [0.29, 0.717) is 17.9 Å². The number of halogens is 1. The number of hydrogen-bond acceptors (Lipinski definition) is 5. The lowest BCUT2D eigenvalue weighted by molar-refractivity contribution is 0.476. The van der Waals surface area contributed by atoms with Gasteiger partial charge in [0.15, 0.2) is 0 Å². The van der Waals surface area contributed by atoms with Crippen molar-refractivity contribution >= 4 is 27.4 Å². The number of anilines is 1. The van der Waals surface area contributed by atoms with E-state index in [0.717, 1.165) is 6.26 Å². The molecule has 0 atom stereocenters. The van der Waals surface area contributed by atoms with Crippen molar-refractivity contribution in [1.82, 2.24) is 9.71 Å². The summed E-state index contributed by atoms with van der Waals surface area (Å²) in [5, 5.41) is 12.0. The van der Waals surface area contributed by atoms with Crippen LogP contribution in [0.2, 0.25) is 5.15 Å². The van der Waals surface area contributed by atoms with Crippen LogP contribution in [0, 0.1) is 11.3 Å². The van der Waals surface area contributed by atoms with E-state index in [1.54, 1.807) is 19.9 Å². The van der Waals surface area contributed by atoms with Crippen molar-refractivity contribution in [2.75, 3.05) is 18.1 Å². The maximum atomic E-state index is 11.2. The average molecular weight is 303 g/mol. The van der Waals surface area contributed by atoms with Crippen LogP contribution in [0.15, 0.2) is 12.1 Å². The normalized spacial score (nSPS) is 11.9. The van der Waals surface area contributed by atoms with Gasteiger partial charge < -0.3 is 5.32 Å². The van der Waals surface area contributed by atoms with Gasteiger partial charge in [0, 0.05) is 12.1 Å². The number of nitrogens with zero attached hydrogens (tertiary/aromatic N) is 2. The molecule has 0 aliphatic carbocycles. The van der Waals surface area contributed by atoms with Crippen LogP contribution in [0.1, 0.15) is 19.4 Å². The van der Waals surface area contributed by atoms with Gasteiger partial charge in [-0.1, -0.05) is 11.6 Å². The fourth-order valence-electron chi connectivity index (χ4n) is 1.50. The molecule has 8 heteroatoms. The smallest absolute Gasteiger partial charge is 0.209 e. The Balaban J connectivity index is 2.77. The molecule has 0 radical (unpaired) electrons. The maximum absolute atomic E-state index is 11.2. The molecule has 0 saturated carbocycles. The minimum Gasteiger partial charge on any atom is -0.368 e. The Kier molecular flexibility index (Phi) is 4.74. The van der Waals surface area contributed by atoms with E-state index in [-0.39, 0.29) is 5.15 Å². The second-order valence-electron chi connectivity index (χ2n) is 4.79. The number of rotatable bonds is 5. The highest BCUT2D eigenvalue weighted by atomic mass is 35.5. The molecular weight excluding hydrogens is 288 g/mol. The van der Waals surface area contributed by atoms with E-state index in [1.165, 1.54) is 6.07 Å². The summed E-state index contributed by atoms with van der Waals surface area (Å²) in [6.45, 7) is 3.77. The predicted octanol–water partition coefficient (Wildman–Crippen LogP) is 1.35. The fraction of sp³-hybridized carbons (Fsp3) is 0.455. The van der Waals surface area contributed by atoms with Crippen molar-refractivity contribution < 1.29 is 8.42 Å². The van der Waals surface area contributed by atoms with E-state index in [4.69, 9.17) is 16.9 Å². The Morgan fingerprint density at radius 3 is 2.63 bits per heavy atom. The highest BCUT2D eigenvalue weighted by Crippen LogP contribution is 2.15. The number of hydrogen-bond donors (Lipinski definition) is 2. The number of sulfonamides is 1. The third-order valence-corrected chi connectivity index (χ3v) is 3.21. The summed E-state index contributed by atoms with van der Waals surface area (Å²) in [4.78, 5) is 4.01. The van der Waals surface area contributed by atoms with Crippen LogP contribution in [-0.2, 0) is 10.0 Å². The highest BCUT2D eigenvalue weighted by molar-refractivity contribution is 7.88. The van der Waals surface area contributed by atoms with Crippen molar-refractivity contribution in [3.8, 4) is 6.07 Å². The van der Waals surface area contributed by atoms with Crippen molar-refractivity contribution in [3.63, 3.8) is 0 Å². The number of nitrogens with one attached hydrogen (secondary N) is 2. The zero-order valence-corrected chi connectivity index (χ0v) is 12.4. The third-order valence-electron chi connectivity index (χ3n) is 2.10. The van der Waals surface area contributed by atoms with Crippen LogP contribution in [0.4, 0.5) is 5.82 Å². The first kappa shape index (κ1) is 15.7. The lowest BCUT2D eigenvalue weighted by Crippen LogP contribution is -2.47. The SMILES string of the molecule is CC(C)(CNc1cc(C#N)cc(Cl)n1)NS(C)(=O)=O. The van der Waals surface area contributed by atoms with Crippen LogP contribution in [0.25, 0.3) is 0 Å². The molecule has 1 rings (SSSR count). The first-order valence-electron chi connectivity index (χ1n) is 5.42. The van der Waals surface area contributed by atoms with Gasteiger partial charge in [-0.25, -0.2) is 18.1 Å². The quantitative estimate of drug-likeness (QED) is 0.801. The molecule has 1 heterocycles. The zero-order chi connectivity index (χ0) is 14.7. The standard InChI is InChI=1S/C11H15ClN4O2S/c1-11(2,16-19(3,17)18)7-14-10-5-8(6-13)4-9(12)15-10/h4-5,16H,7H2,1-3H3,(H,14,15). The molecule has 0 aliphatic heterocycles. The fourth-order valence-corrected chi connectivity index (χ4v) is 2.79. The minimum absolute atomic E-state index is 0.204. The number of nitriles is 1. The van der Waals surface area contributed by atoms with E-state index < -0.39 is 15.6 Å². The molecule has 0 saturated heterocycles. The molecule has 0 spiro atoms. The van der Waals surface area contributed by atoms with Gasteiger partial charge in [-0.05, 0) is 26.0 Å². The summed E-state index contributed by atoms with van der Waals surface area (Å²) < 4.78 is 24.9. The van der Waals surface area contributed by atoms with Gasteiger partial charge in [0.2, 0.25) is 10.0 Å². The van der Waals surface area contributed by atoms with E-state index in [2.05, 4.69) is 15.0 Å². The molecule has 0 bridgehead atoms. The molecule has 0 fully saturated rings. The van der Waals surface area contributed by atoms with Crippen LogP contribution < -0.4 is 10.0 Å². The molecule has 6 nitrogen and oxygen atoms in total. The molecule has 2 N–H and O–H groups in total. The van der Waals surface area contributed by atoms with Crippen LogP contribution >= 0.6 is 11.6 Å². The topological polar surface area (TPSA) is 94.9 Å². The summed E-state index contributed by atoms with van der Waals surface area (Å²) in [5.41, 5.74) is -0.305. The number of pyridine rings is 1. The monoisotopic (exact) mass is 302 g/mol. The minimum atomic E-state index is -3.30. The van der Waals surface area contributed by atoms with E-state index >= 15 is 0 Å². The third kappa shape index (κ3) is 5.87. The van der Waals surface area contributed by atoms with Gasteiger partial charge in [-0.15, -0.1) is 0 Å². The first-order valence-corrected chi connectivity index (χ1v) is 7.69. The Morgan fingerprint density at radius 1 is 1.47 bits per heavy atom. The second-order valence-corrected chi connectivity index (χ2v) is 6.92. The lowest BCUT2D eigenvalue weighted by Gasteiger charge is -2.25. The Hall–Kier alpha value is -1.36. The van der Waals surface area contributed by atoms with Gasteiger partial charge in [0.1, 0.15) is 11.0 Å². The van der Waals surface area contributed by atoms with Crippen LogP contribution in [-0.4, -0.2) is 31.7 Å². The molecule has 0 aromatic carbocycles. The highest BCUT2D eigenvalue weighted by Gasteiger charge is 2.22. The summed E-state index contributed by atoms with van der Waals surface area (Å²) in [5.74, 6) is 0.424. The summed E-state index contributed by atoms with van der Waals surface area (Å²) >= 11 is 5.77. The molecular formula is C11H15ClN4O2S. The Labute approximate surface area is 117 Å². The maximum Gasteiger partial charge on any atom is 0.209 e. The van der Waals surface area contributed by atoms with Crippen LogP contribution in [0.5, 0.6) is 0 Å². The van der Waals surface area contributed by atoms with E-state index in [1.807, 2.05) is 6.07 Å². The lowest BCUT2D eigenvalue weighted by atomic mass is 10.1. The van der Waals surface area contributed by atoms with Crippen molar-refractivity contribution in [2.24, 2.45) is 0 Å². The second kappa shape index (κ2) is 5.74. The van der Waals surface area contributed by atoms with Gasteiger partial charge in [-0.2, -0.15) is 5.26 Å². The largest absolute Gasteiger partial charge is 0.368 e. The molecule has 104 valence electrons. The van der Waals surface area contributed by atoms with Crippen molar-refractivity contribution in [1.29, 1.82) is 5.26 Å². The van der Waals surface area contributed by atoms with Gasteiger partial charge >= 0.3 is 0 Å². The summed E-state index contributed by atoms with van der Waals surface area (Å²) in [6.07, 6.45) is 1.10. The van der Waals surface area contributed by atoms with E-state index in [9.17, 15) is 8.42 Å². The molecule has 1 aromatic rings. The molecule has 19 heavy (non-hydrogen) atoms. The van der Waals surface area contributed by atoms with Crippen molar-refractivity contribution in [2.45, 2.75) is 19.4 Å². The molecule has 0 amide bonds. The van der Waals surface area contributed by atoms with Gasteiger partial charge in [0.25, 0.3) is 0 Å². The van der Waals surface area contributed by atoms with Crippen LogP contribution in [0.3, 0.4) is 0 Å². The number of aromatic nitrogens is 1. The van der Waals surface area contributed by atoms with Gasteiger partial charge in [-0.3, -0.25) is 0 Å². The Bertz CT molecular complexity index is 608. The summed E-state index contributed by atoms with van der Waals surface area (Å²) in [6, 6.07) is 4.96. The predicted molar refractivity (Wildman–Crippen MR) is 74.5 cm³/mol. The first-order chi connectivity index (χ1) is 8.61. The Morgan fingerprint density at radius 2 is 2.11 bits per heavy atom.